The highest BCUT2D eigenvalue weighted by molar-refractivity contribution is 5.95. The molecule has 0 spiro atoms. The second-order valence-corrected chi connectivity index (χ2v) is 7.54. The number of nitrogens with zero attached hydrogens (tertiary/aromatic N) is 2. The lowest BCUT2D eigenvalue weighted by atomic mass is 10.2. The lowest BCUT2D eigenvalue weighted by Gasteiger charge is -2.22. The molecular weight excluding hydrogens is 396 g/mol. The van der Waals surface area contributed by atoms with Crippen LogP contribution in [0.2, 0.25) is 0 Å². The van der Waals surface area contributed by atoms with Crippen molar-refractivity contribution in [3.8, 4) is 5.75 Å². The number of carbonyl (C=O) groups excluding carboxylic acids is 3. The summed E-state index contributed by atoms with van der Waals surface area (Å²) in [6, 6.07) is 14.4. The van der Waals surface area contributed by atoms with E-state index in [1.165, 1.54) is 6.92 Å². The maximum absolute atomic E-state index is 12.6. The van der Waals surface area contributed by atoms with Crippen LogP contribution in [0.1, 0.15) is 29.3 Å². The van der Waals surface area contributed by atoms with Crippen molar-refractivity contribution in [1.82, 2.24) is 9.80 Å². The fourth-order valence-electron chi connectivity index (χ4n) is 3.56. The third kappa shape index (κ3) is 6.55. The highest BCUT2D eigenvalue weighted by atomic mass is 16.5. The van der Waals surface area contributed by atoms with E-state index >= 15 is 0 Å². The summed E-state index contributed by atoms with van der Waals surface area (Å²) in [5, 5.41) is 2.76. The molecule has 0 aromatic heterocycles. The lowest BCUT2D eigenvalue weighted by molar-refractivity contribution is -0.133. The van der Waals surface area contributed by atoms with Crippen LogP contribution in [0.4, 0.5) is 5.69 Å². The van der Waals surface area contributed by atoms with E-state index in [2.05, 4.69) is 10.2 Å². The Morgan fingerprint density at radius 2 is 1.74 bits per heavy atom. The third-order valence-electron chi connectivity index (χ3n) is 5.13. The minimum Gasteiger partial charge on any atom is -0.483 e. The first kappa shape index (κ1) is 22.3. The molecule has 0 radical (unpaired) electrons. The Morgan fingerprint density at radius 1 is 1.00 bits per heavy atom. The molecule has 0 bridgehead atoms. The molecule has 0 atom stereocenters. The van der Waals surface area contributed by atoms with E-state index in [-0.39, 0.29) is 24.0 Å². The first-order valence-corrected chi connectivity index (χ1v) is 10.3. The van der Waals surface area contributed by atoms with Gasteiger partial charge in [0.2, 0.25) is 5.91 Å². The van der Waals surface area contributed by atoms with Crippen molar-refractivity contribution >= 4 is 23.4 Å². The van der Waals surface area contributed by atoms with Crippen LogP contribution in [0.5, 0.6) is 5.75 Å². The number of benzene rings is 2. The summed E-state index contributed by atoms with van der Waals surface area (Å²) < 4.78 is 5.58. The maximum Gasteiger partial charge on any atom is 0.260 e. The zero-order chi connectivity index (χ0) is 22.2. The molecule has 8 nitrogen and oxygen atoms in total. The van der Waals surface area contributed by atoms with Gasteiger partial charge in [-0.15, -0.1) is 0 Å². The standard InChI is InChI=1S/C23H28N4O4/c1-17(28)25-19-9-7-18(8-10-19)15-26-11-4-12-27(14-13-26)22(29)16-31-21-6-3-2-5-20(21)23(24)30/h2-3,5-10H,4,11-16H2,1H3,(H2,24,30)(H,25,28). The Kier molecular flexibility index (Phi) is 7.61. The van der Waals surface area contributed by atoms with Gasteiger partial charge in [0.15, 0.2) is 6.61 Å². The molecule has 3 N–H and O–H groups in total. The molecule has 3 amide bonds. The summed E-state index contributed by atoms with van der Waals surface area (Å²) in [4.78, 5) is 39.4. The van der Waals surface area contributed by atoms with Crippen LogP contribution in [-0.4, -0.2) is 60.3 Å². The molecule has 2 aromatic carbocycles. The van der Waals surface area contributed by atoms with Crippen molar-refractivity contribution in [3.05, 3.63) is 59.7 Å². The predicted molar refractivity (Wildman–Crippen MR) is 118 cm³/mol. The second kappa shape index (κ2) is 10.6. The Balaban J connectivity index is 1.50. The number of carbonyl (C=O) groups is 3. The predicted octanol–water partition coefficient (Wildman–Crippen LogP) is 1.86. The quantitative estimate of drug-likeness (QED) is 0.706. The fourth-order valence-corrected chi connectivity index (χ4v) is 3.56. The minimum absolute atomic E-state index is 0.0906. The molecule has 1 aliphatic rings. The van der Waals surface area contributed by atoms with Crippen LogP contribution >= 0.6 is 0 Å². The Morgan fingerprint density at radius 3 is 2.45 bits per heavy atom. The van der Waals surface area contributed by atoms with Crippen molar-refractivity contribution in [2.75, 3.05) is 38.1 Å². The normalized spacial score (nSPS) is 14.5. The van der Waals surface area contributed by atoms with Gasteiger partial charge < -0.3 is 20.7 Å². The molecule has 1 heterocycles. The molecule has 164 valence electrons. The van der Waals surface area contributed by atoms with Gasteiger partial charge >= 0.3 is 0 Å². The molecule has 2 aromatic rings. The molecule has 31 heavy (non-hydrogen) atoms. The molecule has 1 fully saturated rings. The van der Waals surface area contributed by atoms with Gasteiger partial charge in [-0.1, -0.05) is 24.3 Å². The molecule has 0 saturated carbocycles. The van der Waals surface area contributed by atoms with Crippen molar-refractivity contribution in [2.24, 2.45) is 5.73 Å². The maximum atomic E-state index is 12.6. The van der Waals surface area contributed by atoms with E-state index in [1.807, 2.05) is 24.3 Å². The fraction of sp³-hybridized carbons (Fsp3) is 0.348. The van der Waals surface area contributed by atoms with Crippen LogP contribution in [-0.2, 0) is 16.1 Å². The average Bonchev–Trinajstić information content (AvgIpc) is 2.99. The number of hydrogen-bond donors (Lipinski definition) is 2. The van der Waals surface area contributed by atoms with Crippen molar-refractivity contribution in [3.63, 3.8) is 0 Å². The number of hydrogen-bond acceptors (Lipinski definition) is 5. The topological polar surface area (TPSA) is 105 Å². The number of nitrogens with one attached hydrogen (secondary N) is 1. The second-order valence-electron chi connectivity index (χ2n) is 7.54. The zero-order valence-electron chi connectivity index (χ0n) is 17.7. The largest absolute Gasteiger partial charge is 0.483 e. The summed E-state index contributed by atoms with van der Waals surface area (Å²) >= 11 is 0. The van der Waals surface area contributed by atoms with Gasteiger partial charge in [0.05, 0.1) is 5.56 Å². The number of amides is 3. The van der Waals surface area contributed by atoms with E-state index in [9.17, 15) is 14.4 Å². The number of rotatable bonds is 7. The van der Waals surface area contributed by atoms with Gasteiger partial charge in [-0.25, -0.2) is 0 Å². The smallest absolute Gasteiger partial charge is 0.260 e. The summed E-state index contributed by atoms with van der Waals surface area (Å²) in [7, 11) is 0. The molecule has 8 heteroatoms. The molecular formula is C23H28N4O4. The number of anilines is 1. The van der Waals surface area contributed by atoms with Crippen LogP contribution in [0.3, 0.4) is 0 Å². The van der Waals surface area contributed by atoms with E-state index in [4.69, 9.17) is 10.5 Å². The van der Waals surface area contributed by atoms with Crippen molar-refractivity contribution < 1.29 is 19.1 Å². The van der Waals surface area contributed by atoms with Crippen LogP contribution in [0, 0.1) is 0 Å². The van der Waals surface area contributed by atoms with Gasteiger partial charge in [0.25, 0.3) is 11.8 Å². The lowest BCUT2D eigenvalue weighted by Crippen LogP contribution is -2.38. The molecule has 3 rings (SSSR count). The van der Waals surface area contributed by atoms with Crippen LogP contribution in [0.15, 0.2) is 48.5 Å². The summed E-state index contributed by atoms with van der Waals surface area (Å²) in [6.07, 6.45) is 0.869. The summed E-state index contributed by atoms with van der Waals surface area (Å²) in [5.74, 6) is -0.464. The first-order valence-electron chi connectivity index (χ1n) is 10.3. The Labute approximate surface area is 182 Å². The highest BCUT2D eigenvalue weighted by Gasteiger charge is 2.20. The molecule has 1 saturated heterocycles. The van der Waals surface area contributed by atoms with Gasteiger partial charge in [0, 0.05) is 45.3 Å². The van der Waals surface area contributed by atoms with Crippen molar-refractivity contribution in [1.29, 1.82) is 0 Å². The number of para-hydroxylation sites is 1. The number of nitrogens with two attached hydrogens (primary N) is 1. The molecule has 0 aliphatic carbocycles. The van der Waals surface area contributed by atoms with Gasteiger partial charge in [0.1, 0.15) is 5.75 Å². The summed E-state index contributed by atoms with van der Waals surface area (Å²) in [6.45, 7) is 5.07. The highest BCUT2D eigenvalue weighted by Crippen LogP contribution is 2.18. The summed E-state index contributed by atoms with van der Waals surface area (Å²) in [5.41, 5.74) is 7.55. The van der Waals surface area contributed by atoms with E-state index in [0.29, 0.717) is 18.8 Å². The third-order valence-corrected chi connectivity index (χ3v) is 5.13. The molecule has 1 aliphatic heterocycles. The number of primary amides is 1. The monoisotopic (exact) mass is 424 g/mol. The Hall–Kier alpha value is -3.39. The van der Waals surface area contributed by atoms with E-state index in [0.717, 1.165) is 37.3 Å². The van der Waals surface area contributed by atoms with Gasteiger partial charge in [-0.3, -0.25) is 19.3 Å². The Bertz CT molecular complexity index is 929. The van der Waals surface area contributed by atoms with Gasteiger partial charge in [-0.05, 0) is 36.2 Å². The van der Waals surface area contributed by atoms with E-state index < -0.39 is 5.91 Å². The number of ether oxygens (including phenoxy) is 1. The first-order chi connectivity index (χ1) is 14.9. The van der Waals surface area contributed by atoms with Crippen molar-refractivity contribution in [2.45, 2.75) is 19.9 Å². The SMILES string of the molecule is CC(=O)Nc1ccc(CN2CCCN(C(=O)COc3ccccc3C(N)=O)CC2)cc1. The average molecular weight is 425 g/mol. The van der Waals surface area contributed by atoms with E-state index in [1.54, 1.807) is 29.2 Å². The van der Waals surface area contributed by atoms with Crippen LogP contribution < -0.4 is 15.8 Å². The molecule has 0 unspecified atom stereocenters. The zero-order valence-corrected chi connectivity index (χ0v) is 17.7. The van der Waals surface area contributed by atoms with Crippen LogP contribution in [0.25, 0.3) is 0 Å². The minimum atomic E-state index is -0.585. The van der Waals surface area contributed by atoms with Gasteiger partial charge in [-0.2, -0.15) is 0 Å².